The summed E-state index contributed by atoms with van der Waals surface area (Å²) in [6, 6.07) is 4.10. The van der Waals surface area contributed by atoms with Gasteiger partial charge in [0.1, 0.15) is 5.82 Å². The van der Waals surface area contributed by atoms with Crippen LogP contribution in [-0.4, -0.2) is 18.8 Å². The van der Waals surface area contributed by atoms with Crippen LogP contribution in [0, 0.1) is 5.82 Å². The van der Waals surface area contributed by atoms with Crippen molar-refractivity contribution < 1.29 is 27.2 Å². The molecule has 0 fully saturated rings. The van der Waals surface area contributed by atoms with E-state index in [0.29, 0.717) is 0 Å². The van der Waals surface area contributed by atoms with Crippen LogP contribution in [0.3, 0.4) is 0 Å². The smallest absolute Gasteiger partial charge is 0.303 e. The first-order valence-corrected chi connectivity index (χ1v) is 4.38. The number of urea groups is 1. The molecule has 0 unspecified atom stereocenters. The first-order chi connectivity index (χ1) is 7.88. The third kappa shape index (κ3) is 5.16. The minimum atomic E-state index is -4.55. The fourth-order valence-electron chi connectivity index (χ4n) is 0.894. The van der Waals surface area contributed by atoms with E-state index in [0.717, 1.165) is 6.07 Å². The van der Waals surface area contributed by atoms with E-state index in [1.165, 1.54) is 23.7 Å². The Morgan fingerprint density at radius 3 is 2.53 bits per heavy atom. The molecule has 4 nitrogen and oxygen atoms in total. The number of hydrogen-bond donors (Lipinski definition) is 2. The molecule has 17 heavy (non-hydrogen) atoms. The lowest BCUT2D eigenvalue weighted by Crippen LogP contribution is -2.33. The molecule has 94 valence electrons. The first-order valence-electron chi connectivity index (χ1n) is 4.38. The normalized spacial score (nSPS) is 11.1. The average molecular weight is 252 g/mol. The summed E-state index contributed by atoms with van der Waals surface area (Å²) in [6.45, 7) is -1.63. The van der Waals surface area contributed by atoms with Crippen molar-refractivity contribution in [2.75, 3.05) is 11.9 Å². The van der Waals surface area contributed by atoms with Gasteiger partial charge in [-0.15, -0.1) is 0 Å². The van der Waals surface area contributed by atoms with Crippen molar-refractivity contribution >= 4 is 11.7 Å². The van der Waals surface area contributed by atoms with Crippen LogP contribution in [0.5, 0.6) is 0 Å². The van der Waals surface area contributed by atoms with E-state index in [2.05, 4.69) is 4.84 Å². The molecule has 0 aliphatic rings. The van der Waals surface area contributed by atoms with Crippen LogP contribution >= 0.6 is 0 Å². The number of nitrogens with one attached hydrogen (secondary N) is 2. The predicted octanol–water partition coefficient (Wildman–Crippen LogP) is 2.44. The number of rotatable bonds is 3. The van der Waals surface area contributed by atoms with Crippen LogP contribution in [0.1, 0.15) is 0 Å². The minimum absolute atomic E-state index is 0.166. The van der Waals surface area contributed by atoms with Gasteiger partial charge in [-0.1, -0.05) is 12.1 Å². The van der Waals surface area contributed by atoms with Gasteiger partial charge < -0.3 is 5.32 Å². The third-order valence-corrected chi connectivity index (χ3v) is 1.52. The van der Waals surface area contributed by atoms with Gasteiger partial charge in [-0.25, -0.2) is 14.7 Å². The molecule has 0 atom stereocenters. The highest BCUT2D eigenvalue weighted by molar-refractivity contribution is 5.88. The molecule has 8 heteroatoms. The van der Waals surface area contributed by atoms with Crippen molar-refractivity contribution in [2.24, 2.45) is 0 Å². The number of halogens is 4. The maximum Gasteiger partial charge on any atom is 0.414 e. The predicted molar refractivity (Wildman–Crippen MR) is 50.6 cm³/mol. The highest BCUT2D eigenvalue weighted by Crippen LogP contribution is 2.14. The number of carbonyl (C=O) groups excluding carboxylic acids is 1. The lowest BCUT2D eigenvalue weighted by molar-refractivity contribution is -0.183. The number of hydrogen-bond acceptors (Lipinski definition) is 2. The molecule has 0 spiro atoms. The summed E-state index contributed by atoms with van der Waals surface area (Å²) in [4.78, 5) is 14.8. The summed E-state index contributed by atoms with van der Waals surface area (Å²) in [7, 11) is 0. The SMILES string of the molecule is O=C(NOCC(F)(F)F)Nc1ccccc1F. The van der Waals surface area contributed by atoms with E-state index < -0.39 is 24.6 Å². The second-order valence-corrected chi connectivity index (χ2v) is 2.94. The van der Waals surface area contributed by atoms with Gasteiger partial charge >= 0.3 is 12.2 Å². The zero-order chi connectivity index (χ0) is 12.9. The minimum Gasteiger partial charge on any atom is -0.303 e. The fraction of sp³-hybridized carbons (Fsp3) is 0.222. The Kier molecular flexibility index (Phi) is 4.27. The summed E-state index contributed by atoms with van der Waals surface area (Å²) in [5.74, 6) is -0.710. The topological polar surface area (TPSA) is 50.4 Å². The van der Waals surface area contributed by atoms with Gasteiger partial charge in [0.2, 0.25) is 0 Å². The Balaban J connectivity index is 2.38. The molecule has 0 aliphatic heterocycles. The maximum atomic E-state index is 13.0. The molecule has 0 radical (unpaired) electrons. The highest BCUT2D eigenvalue weighted by atomic mass is 19.4. The summed E-state index contributed by atoms with van der Waals surface area (Å²) < 4.78 is 47.9. The van der Waals surface area contributed by atoms with Crippen molar-refractivity contribution in [3.8, 4) is 0 Å². The monoisotopic (exact) mass is 252 g/mol. The first kappa shape index (κ1) is 13.2. The number of alkyl halides is 3. The molecule has 0 saturated carbocycles. The van der Waals surface area contributed by atoms with Crippen LogP contribution in [0.2, 0.25) is 0 Å². The molecule has 0 heterocycles. The van der Waals surface area contributed by atoms with E-state index in [-0.39, 0.29) is 5.69 Å². The quantitative estimate of drug-likeness (QED) is 0.641. The zero-order valence-electron chi connectivity index (χ0n) is 8.34. The average Bonchev–Trinajstić information content (AvgIpc) is 2.19. The molecular formula is C9H8F4N2O2. The van der Waals surface area contributed by atoms with Crippen molar-refractivity contribution in [3.63, 3.8) is 0 Å². The highest BCUT2D eigenvalue weighted by Gasteiger charge is 2.28. The number of benzene rings is 1. The van der Waals surface area contributed by atoms with Gasteiger partial charge in [0.25, 0.3) is 0 Å². The lowest BCUT2D eigenvalue weighted by Gasteiger charge is -2.09. The third-order valence-electron chi connectivity index (χ3n) is 1.52. The lowest BCUT2D eigenvalue weighted by atomic mass is 10.3. The summed E-state index contributed by atoms with van der Waals surface area (Å²) in [5, 5.41) is 1.98. The van der Waals surface area contributed by atoms with E-state index >= 15 is 0 Å². The molecule has 2 N–H and O–H groups in total. The Morgan fingerprint density at radius 1 is 1.29 bits per heavy atom. The van der Waals surface area contributed by atoms with Crippen molar-refractivity contribution in [1.29, 1.82) is 0 Å². The van der Waals surface area contributed by atoms with Gasteiger partial charge in [0, 0.05) is 0 Å². The maximum absolute atomic E-state index is 13.0. The fourth-order valence-corrected chi connectivity index (χ4v) is 0.894. The van der Waals surface area contributed by atoms with E-state index in [1.54, 1.807) is 0 Å². The van der Waals surface area contributed by atoms with Crippen LogP contribution in [0.25, 0.3) is 0 Å². The van der Waals surface area contributed by atoms with Gasteiger partial charge in [-0.05, 0) is 12.1 Å². The van der Waals surface area contributed by atoms with Crippen LogP contribution in [0.4, 0.5) is 28.0 Å². The van der Waals surface area contributed by atoms with Gasteiger partial charge in [0.05, 0.1) is 5.69 Å². The number of carbonyl (C=O) groups is 1. The second-order valence-electron chi connectivity index (χ2n) is 2.94. The van der Waals surface area contributed by atoms with E-state index in [9.17, 15) is 22.4 Å². The summed E-state index contributed by atoms with van der Waals surface area (Å²) in [5.41, 5.74) is 1.31. The van der Waals surface area contributed by atoms with Crippen molar-refractivity contribution in [1.82, 2.24) is 5.48 Å². The molecule has 0 bridgehead atoms. The van der Waals surface area contributed by atoms with Crippen molar-refractivity contribution in [2.45, 2.75) is 6.18 Å². The number of amides is 2. The number of hydroxylamine groups is 1. The second kappa shape index (κ2) is 5.48. The van der Waals surface area contributed by atoms with Crippen LogP contribution in [-0.2, 0) is 4.84 Å². The number of anilines is 1. The van der Waals surface area contributed by atoms with E-state index in [1.807, 2.05) is 5.32 Å². The number of para-hydroxylation sites is 1. The summed E-state index contributed by atoms with van der Waals surface area (Å²) >= 11 is 0. The van der Waals surface area contributed by atoms with Crippen molar-refractivity contribution in [3.05, 3.63) is 30.1 Å². The van der Waals surface area contributed by atoms with Gasteiger partial charge in [0.15, 0.2) is 6.61 Å². The Bertz CT molecular complexity index is 395. The molecule has 1 aromatic rings. The Morgan fingerprint density at radius 2 is 1.94 bits per heavy atom. The Labute approximate surface area is 93.5 Å². The molecule has 2 amide bonds. The van der Waals surface area contributed by atoms with E-state index in [4.69, 9.17) is 0 Å². The largest absolute Gasteiger partial charge is 0.414 e. The molecule has 1 rings (SSSR count). The van der Waals surface area contributed by atoms with Gasteiger partial charge in [-0.2, -0.15) is 13.2 Å². The zero-order valence-corrected chi connectivity index (χ0v) is 8.34. The standard InChI is InChI=1S/C9H8F4N2O2/c10-6-3-1-2-4-7(6)14-8(16)15-17-5-9(11,12)13/h1-4H,5H2,(H2,14,15,16). The van der Waals surface area contributed by atoms with Crippen LogP contribution in [0.15, 0.2) is 24.3 Å². The molecule has 0 aromatic heterocycles. The summed E-state index contributed by atoms with van der Waals surface area (Å²) in [6.07, 6.45) is -4.55. The van der Waals surface area contributed by atoms with Crippen LogP contribution < -0.4 is 10.8 Å². The van der Waals surface area contributed by atoms with Gasteiger partial charge in [-0.3, -0.25) is 4.84 Å². The molecule has 1 aromatic carbocycles. The molecular weight excluding hydrogens is 244 g/mol. The molecule has 0 aliphatic carbocycles. The Hall–Kier alpha value is -1.83. The molecule has 0 saturated heterocycles.